The highest BCUT2D eigenvalue weighted by Crippen LogP contribution is 2.56. The third-order valence-corrected chi connectivity index (χ3v) is 3.80. The molecule has 2 heterocycles. The minimum Gasteiger partial charge on any atom is -0.295 e. The molecule has 0 radical (unpaired) electrons. The van der Waals surface area contributed by atoms with Crippen LogP contribution in [0.3, 0.4) is 0 Å². The van der Waals surface area contributed by atoms with Gasteiger partial charge in [0.1, 0.15) is 0 Å². The van der Waals surface area contributed by atoms with E-state index >= 15 is 0 Å². The van der Waals surface area contributed by atoms with Crippen molar-refractivity contribution in [2.45, 2.75) is 44.2 Å². The Morgan fingerprint density at radius 2 is 2.40 bits per heavy atom. The molecule has 1 heteroatoms. The Labute approximate surface area is 62.4 Å². The summed E-state index contributed by atoms with van der Waals surface area (Å²) in [5.74, 6) is 1.12. The molecule has 3 atom stereocenters. The van der Waals surface area contributed by atoms with Crippen molar-refractivity contribution < 1.29 is 0 Å². The lowest BCUT2D eigenvalue weighted by Crippen LogP contribution is -2.37. The highest BCUT2D eigenvalue weighted by atomic mass is 15.3. The van der Waals surface area contributed by atoms with Crippen molar-refractivity contribution >= 4 is 0 Å². The van der Waals surface area contributed by atoms with Crippen LogP contribution < -0.4 is 0 Å². The van der Waals surface area contributed by atoms with Gasteiger partial charge in [0, 0.05) is 11.6 Å². The monoisotopic (exact) mass is 137 g/mol. The van der Waals surface area contributed by atoms with Crippen molar-refractivity contribution in [2.24, 2.45) is 5.92 Å². The second-order valence-electron chi connectivity index (χ2n) is 4.56. The summed E-state index contributed by atoms with van der Waals surface area (Å²) in [6, 6.07) is 1.03. The number of hydrogen-bond donors (Lipinski definition) is 0. The lowest BCUT2D eigenvalue weighted by Gasteiger charge is -2.30. The average Bonchev–Trinajstić information content (AvgIpc) is 2.36. The summed E-state index contributed by atoms with van der Waals surface area (Å²) in [5.41, 5.74) is 0.660. The van der Waals surface area contributed by atoms with Gasteiger partial charge in [-0.2, -0.15) is 0 Å². The molecule has 3 rings (SSSR count). The van der Waals surface area contributed by atoms with Crippen LogP contribution in [0.1, 0.15) is 32.6 Å². The molecule has 56 valence electrons. The maximum Gasteiger partial charge on any atom is 0.0188 e. The van der Waals surface area contributed by atoms with E-state index in [-0.39, 0.29) is 0 Å². The van der Waals surface area contributed by atoms with Gasteiger partial charge in [0.2, 0.25) is 0 Å². The van der Waals surface area contributed by atoms with Gasteiger partial charge in [-0.1, -0.05) is 0 Å². The predicted octanol–water partition coefficient (Wildman–Crippen LogP) is 1.63. The highest BCUT2D eigenvalue weighted by molar-refractivity contribution is 5.13. The minimum absolute atomic E-state index is 0.660. The molecule has 2 saturated heterocycles. The van der Waals surface area contributed by atoms with Gasteiger partial charge in [0.05, 0.1) is 0 Å². The Morgan fingerprint density at radius 1 is 1.50 bits per heavy atom. The van der Waals surface area contributed by atoms with Crippen LogP contribution in [0.5, 0.6) is 0 Å². The van der Waals surface area contributed by atoms with Gasteiger partial charge in [-0.05, 0) is 45.1 Å². The zero-order chi connectivity index (χ0) is 6.77. The van der Waals surface area contributed by atoms with E-state index in [2.05, 4.69) is 11.8 Å². The molecule has 0 unspecified atom stereocenters. The van der Waals surface area contributed by atoms with Crippen molar-refractivity contribution in [3.05, 3.63) is 0 Å². The second kappa shape index (κ2) is 1.42. The number of fused-ring (bicyclic) bond motifs is 3. The Bertz CT molecular complexity index is 178. The van der Waals surface area contributed by atoms with Crippen LogP contribution in [0.25, 0.3) is 0 Å². The van der Waals surface area contributed by atoms with Crippen LogP contribution in [0.4, 0.5) is 0 Å². The van der Waals surface area contributed by atoms with E-state index in [4.69, 9.17) is 0 Å². The molecule has 0 bridgehead atoms. The van der Waals surface area contributed by atoms with Crippen molar-refractivity contribution in [2.75, 3.05) is 6.54 Å². The van der Waals surface area contributed by atoms with Gasteiger partial charge in [-0.15, -0.1) is 0 Å². The maximum atomic E-state index is 2.78. The van der Waals surface area contributed by atoms with Gasteiger partial charge in [0.25, 0.3) is 0 Å². The Kier molecular flexibility index (Phi) is 0.797. The van der Waals surface area contributed by atoms with E-state index in [1.807, 2.05) is 0 Å². The smallest absolute Gasteiger partial charge is 0.0188 e. The van der Waals surface area contributed by atoms with Crippen LogP contribution in [0.15, 0.2) is 0 Å². The maximum absolute atomic E-state index is 2.78. The average molecular weight is 137 g/mol. The summed E-state index contributed by atoms with van der Waals surface area (Å²) < 4.78 is 0. The molecule has 0 aromatic rings. The van der Waals surface area contributed by atoms with Gasteiger partial charge < -0.3 is 0 Å². The zero-order valence-electron chi connectivity index (χ0n) is 6.64. The van der Waals surface area contributed by atoms with Gasteiger partial charge in [-0.3, -0.25) is 4.90 Å². The second-order valence-corrected chi connectivity index (χ2v) is 4.56. The molecule has 1 aliphatic carbocycles. The quantitative estimate of drug-likeness (QED) is 0.490. The topological polar surface area (TPSA) is 3.24 Å². The van der Waals surface area contributed by atoms with E-state index in [9.17, 15) is 0 Å². The molecule has 0 N–H and O–H groups in total. The standard InChI is InChI=1S/C9H15N/c1-9-3-2-4-10(9)8-5-7(8)6-9/h7-8H,2-6H2,1H3/t7-,8-,9-/m1/s1. The molecular formula is C9H15N. The largest absolute Gasteiger partial charge is 0.295 e. The van der Waals surface area contributed by atoms with Crippen molar-refractivity contribution in [1.29, 1.82) is 0 Å². The van der Waals surface area contributed by atoms with E-state index in [1.54, 1.807) is 0 Å². The fourth-order valence-electron chi connectivity index (χ4n) is 3.23. The molecule has 1 nitrogen and oxygen atoms in total. The zero-order valence-corrected chi connectivity index (χ0v) is 6.64. The van der Waals surface area contributed by atoms with Crippen LogP contribution in [0.2, 0.25) is 0 Å². The van der Waals surface area contributed by atoms with Crippen LogP contribution in [-0.4, -0.2) is 23.0 Å². The molecule has 0 aromatic carbocycles. The van der Waals surface area contributed by atoms with Gasteiger partial charge in [0.15, 0.2) is 0 Å². The summed E-state index contributed by atoms with van der Waals surface area (Å²) in [7, 11) is 0. The Balaban J connectivity index is 1.95. The van der Waals surface area contributed by atoms with E-state index in [0.717, 1.165) is 12.0 Å². The molecule has 0 spiro atoms. The fraction of sp³-hybridized carbons (Fsp3) is 1.00. The van der Waals surface area contributed by atoms with Gasteiger partial charge >= 0.3 is 0 Å². The van der Waals surface area contributed by atoms with E-state index < -0.39 is 0 Å². The molecule has 3 fully saturated rings. The first-order valence-electron chi connectivity index (χ1n) is 4.56. The SMILES string of the molecule is C[C@]12CCCN1[C@@H]1C[C@@H]1C2. The van der Waals surface area contributed by atoms with Crippen LogP contribution in [0, 0.1) is 5.92 Å². The van der Waals surface area contributed by atoms with Crippen LogP contribution >= 0.6 is 0 Å². The number of hydrogen-bond acceptors (Lipinski definition) is 1. The lowest BCUT2D eigenvalue weighted by atomic mass is 9.95. The normalized spacial score (nSPS) is 58.5. The highest BCUT2D eigenvalue weighted by Gasteiger charge is 2.58. The molecule has 2 aliphatic heterocycles. The summed E-state index contributed by atoms with van der Waals surface area (Å²) in [5, 5.41) is 0. The molecule has 3 aliphatic rings. The minimum atomic E-state index is 0.660. The molecular weight excluding hydrogens is 122 g/mol. The van der Waals surface area contributed by atoms with Gasteiger partial charge in [-0.25, -0.2) is 0 Å². The molecule has 10 heavy (non-hydrogen) atoms. The number of piperidine rings is 1. The van der Waals surface area contributed by atoms with Crippen molar-refractivity contribution in [1.82, 2.24) is 4.90 Å². The Hall–Kier alpha value is -0.0400. The van der Waals surface area contributed by atoms with Crippen molar-refractivity contribution in [3.8, 4) is 0 Å². The summed E-state index contributed by atoms with van der Waals surface area (Å²) in [6.45, 7) is 3.86. The first kappa shape index (κ1) is 5.59. The number of nitrogens with zero attached hydrogens (tertiary/aromatic N) is 1. The Morgan fingerprint density at radius 3 is 3.20 bits per heavy atom. The molecule has 1 saturated carbocycles. The summed E-state index contributed by atoms with van der Waals surface area (Å²) in [4.78, 5) is 2.78. The van der Waals surface area contributed by atoms with E-state index in [0.29, 0.717) is 5.54 Å². The molecule has 0 aromatic heterocycles. The third-order valence-electron chi connectivity index (χ3n) is 3.80. The van der Waals surface area contributed by atoms with E-state index in [1.165, 1.54) is 32.2 Å². The predicted molar refractivity (Wildman–Crippen MR) is 40.9 cm³/mol. The van der Waals surface area contributed by atoms with Crippen LogP contribution in [-0.2, 0) is 0 Å². The summed E-state index contributed by atoms with van der Waals surface area (Å²) >= 11 is 0. The first-order chi connectivity index (χ1) is 4.80. The fourth-order valence-corrected chi connectivity index (χ4v) is 3.23. The summed E-state index contributed by atoms with van der Waals surface area (Å²) in [6.07, 6.45) is 5.97. The number of rotatable bonds is 0. The lowest BCUT2D eigenvalue weighted by molar-refractivity contribution is 0.181. The third kappa shape index (κ3) is 0.493. The molecule has 0 amide bonds. The van der Waals surface area contributed by atoms with Crippen molar-refractivity contribution in [3.63, 3.8) is 0 Å². The first-order valence-corrected chi connectivity index (χ1v) is 4.56.